The molecule has 1 N–H and O–H groups in total. The Labute approximate surface area is 183 Å². The second-order valence-electron chi connectivity index (χ2n) is 7.59. The highest BCUT2D eigenvalue weighted by Gasteiger charge is 2.39. The second-order valence-corrected chi connectivity index (χ2v) is 8.00. The maximum atomic E-state index is 10.2. The number of methoxy groups -OCH3 is 1. The topological polar surface area (TPSA) is 32.7 Å². The maximum absolute atomic E-state index is 10.2. The highest BCUT2D eigenvalue weighted by atomic mass is 35.5. The quantitative estimate of drug-likeness (QED) is 0.525. The summed E-state index contributed by atoms with van der Waals surface area (Å²) in [5, 5.41) is 10.6. The summed E-state index contributed by atoms with van der Waals surface area (Å²) in [5.41, 5.74) is 6.33. The van der Waals surface area contributed by atoms with Crippen LogP contribution in [-0.4, -0.2) is 23.7 Å². The van der Waals surface area contributed by atoms with Crippen molar-refractivity contribution in [2.45, 2.75) is 38.8 Å². The smallest absolute Gasteiger partial charge is 0.134 e. The number of benzene rings is 3. The number of phenols is 1. The van der Waals surface area contributed by atoms with Gasteiger partial charge in [0, 0.05) is 12.6 Å². The first-order chi connectivity index (χ1) is 14.7. The minimum Gasteiger partial charge on any atom is -0.506 e. The molecule has 4 heteroatoms. The van der Waals surface area contributed by atoms with Crippen molar-refractivity contribution in [1.82, 2.24) is 4.90 Å². The van der Waals surface area contributed by atoms with Gasteiger partial charge in [-0.25, -0.2) is 0 Å². The Morgan fingerprint density at radius 1 is 0.967 bits per heavy atom. The largest absolute Gasteiger partial charge is 0.506 e. The van der Waals surface area contributed by atoms with E-state index in [1.807, 2.05) is 32.0 Å². The molecule has 0 amide bonds. The molecule has 2 atom stereocenters. The summed E-state index contributed by atoms with van der Waals surface area (Å²) in [6.45, 7) is 4.97. The molecule has 0 spiro atoms. The molecule has 2 aliphatic heterocycles. The zero-order chi connectivity index (χ0) is 21.3. The summed E-state index contributed by atoms with van der Waals surface area (Å²) in [6, 6.07) is 21.2. The lowest BCUT2D eigenvalue weighted by Crippen LogP contribution is -2.43. The predicted molar refractivity (Wildman–Crippen MR) is 123 cm³/mol. The van der Waals surface area contributed by atoms with E-state index >= 15 is 0 Å². The lowest BCUT2D eigenvalue weighted by molar-refractivity contribution is 0.129. The summed E-state index contributed by atoms with van der Waals surface area (Å²) in [7, 11) is 1.71. The number of halogens is 1. The van der Waals surface area contributed by atoms with Crippen LogP contribution in [0, 0.1) is 0 Å². The molecule has 3 aromatic rings. The van der Waals surface area contributed by atoms with Crippen LogP contribution in [0.4, 0.5) is 0 Å². The third kappa shape index (κ3) is 3.57. The summed E-state index contributed by atoms with van der Waals surface area (Å²) >= 11 is 6.31. The number of ether oxygens (including phenoxy) is 1. The number of nitrogens with zero attached hydrogens (tertiary/aromatic N) is 1. The van der Waals surface area contributed by atoms with E-state index in [1.54, 1.807) is 7.11 Å². The van der Waals surface area contributed by atoms with Gasteiger partial charge in [0.25, 0.3) is 0 Å². The first kappa shape index (κ1) is 20.8. The average molecular weight is 422 g/mol. The van der Waals surface area contributed by atoms with Crippen molar-refractivity contribution in [2.24, 2.45) is 0 Å². The molecule has 30 heavy (non-hydrogen) atoms. The zero-order valence-corrected chi connectivity index (χ0v) is 18.5. The molecule has 0 saturated carbocycles. The minimum atomic E-state index is 0.128. The molecule has 2 aliphatic rings. The van der Waals surface area contributed by atoms with Gasteiger partial charge in [-0.1, -0.05) is 61.8 Å². The molecule has 3 nitrogen and oxygen atoms in total. The Hall–Kier alpha value is -2.49. The van der Waals surface area contributed by atoms with Crippen LogP contribution in [0.3, 0.4) is 0 Å². The van der Waals surface area contributed by atoms with E-state index in [2.05, 4.69) is 47.4 Å². The Kier molecular flexibility index (Phi) is 6.03. The number of rotatable bonds is 2. The standard InChI is InChI=1S/C24H22ClNO2.C2H6/c1-28-18-7-8-19-16(11-18)9-10-26-22(19)12-17-13-23(27)21(25)14-20(17)24(26)15-5-3-2-4-6-15;1-2/h2-8,11,13-14,22,24,27H,9-10,12H2,1H3;1-2H3. The van der Waals surface area contributed by atoms with Gasteiger partial charge in [-0.2, -0.15) is 0 Å². The third-order valence-corrected chi connectivity index (χ3v) is 6.42. The first-order valence-electron chi connectivity index (χ1n) is 10.6. The normalized spacial score (nSPS) is 19.6. The fraction of sp³-hybridized carbons (Fsp3) is 0.308. The van der Waals surface area contributed by atoms with E-state index in [0.717, 1.165) is 25.1 Å². The highest BCUT2D eigenvalue weighted by Crippen LogP contribution is 2.48. The van der Waals surface area contributed by atoms with E-state index in [0.29, 0.717) is 5.02 Å². The lowest BCUT2D eigenvalue weighted by atomic mass is 9.79. The molecule has 0 radical (unpaired) electrons. The highest BCUT2D eigenvalue weighted by molar-refractivity contribution is 6.32. The van der Waals surface area contributed by atoms with Crippen LogP contribution in [0.15, 0.2) is 60.7 Å². The van der Waals surface area contributed by atoms with Crippen molar-refractivity contribution in [3.05, 3.63) is 93.5 Å². The second kappa shape index (κ2) is 8.71. The lowest BCUT2D eigenvalue weighted by Gasteiger charge is -2.47. The predicted octanol–water partition coefficient (Wildman–Crippen LogP) is 6.33. The van der Waals surface area contributed by atoms with Gasteiger partial charge >= 0.3 is 0 Å². The van der Waals surface area contributed by atoms with Gasteiger partial charge < -0.3 is 9.84 Å². The van der Waals surface area contributed by atoms with Crippen molar-refractivity contribution in [1.29, 1.82) is 0 Å². The monoisotopic (exact) mass is 421 g/mol. The molecule has 2 heterocycles. The van der Waals surface area contributed by atoms with Crippen molar-refractivity contribution in [3.63, 3.8) is 0 Å². The van der Waals surface area contributed by atoms with Crippen LogP contribution in [-0.2, 0) is 12.8 Å². The zero-order valence-electron chi connectivity index (χ0n) is 17.7. The molecular formula is C26H28ClNO2. The summed E-state index contributed by atoms with van der Waals surface area (Å²) in [6.07, 6.45) is 1.86. The van der Waals surface area contributed by atoms with E-state index in [-0.39, 0.29) is 17.8 Å². The Bertz CT molecular complexity index is 1030. The number of phenolic OH excluding ortho intramolecular Hbond substituents is 1. The van der Waals surface area contributed by atoms with Gasteiger partial charge in [0.05, 0.1) is 18.2 Å². The fourth-order valence-corrected chi connectivity index (χ4v) is 4.99. The fourth-order valence-electron chi connectivity index (χ4n) is 4.82. The molecule has 0 aliphatic carbocycles. The van der Waals surface area contributed by atoms with Crippen LogP contribution in [0.1, 0.15) is 53.7 Å². The van der Waals surface area contributed by atoms with Crippen LogP contribution >= 0.6 is 11.6 Å². The molecule has 0 aromatic heterocycles. The van der Waals surface area contributed by atoms with Gasteiger partial charge in [0.15, 0.2) is 0 Å². The van der Waals surface area contributed by atoms with Crippen LogP contribution in [0.25, 0.3) is 0 Å². The van der Waals surface area contributed by atoms with Crippen LogP contribution < -0.4 is 4.74 Å². The van der Waals surface area contributed by atoms with Crippen molar-refractivity contribution in [3.8, 4) is 11.5 Å². The molecular weight excluding hydrogens is 394 g/mol. The number of aromatic hydroxyl groups is 1. The molecule has 0 saturated heterocycles. The van der Waals surface area contributed by atoms with E-state index in [1.165, 1.54) is 27.8 Å². The van der Waals surface area contributed by atoms with Gasteiger partial charge in [-0.05, 0) is 64.9 Å². The summed E-state index contributed by atoms with van der Waals surface area (Å²) < 4.78 is 5.43. The first-order valence-corrected chi connectivity index (χ1v) is 11.0. The third-order valence-electron chi connectivity index (χ3n) is 6.11. The Morgan fingerprint density at radius 2 is 1.73 bits per heavy atom. The summed E-state index contributed by atoms with van der Waals surface area (Å²) in [4.78, 5) is 2.58. The molecule has 0 fully saturated rings. The number of hydrogen-bond donors (Lipinski definition) is 1. The Balaban J connectivity index is 0.00000106. The van der Waals surface area contributed by atoms with Gasteiger partial charge in [-0.15, -0.1) is 0 Å². The van der Waals surface area contributed by atoms with Gasteiger partial charge in [-0.3, -0.25) is 4.90 Å². The minimum absolute atomic E-state index is 0.128. The van der Waals surface area contributed by atoms with Gasteiger partial charge in [0.1, 0.15) is 11.5 Å². The summed E-state index contributed by atoms with van der Waals surface area (Å²) in [5.74, 6) is 1.07. The van der Waals surface area contributed by atoms with Crippen LogP contribution in [0.2, 0.25) is 5.02 Å². The molecule has 2 unspecified atom stereocenters. The number of fused-ring (bicyclic) bond motifs is 4. The maximum Gasteiger partial charge on any atom is 0.134 e. The van der Waals surface area contributed by atoms with Gasteiger partial charge in [0.2, 0.25) is 0 Å². The Morgan fingerprint density at radius 3 is 2.47 bits per heavy atom. The van der Waals surface area contributed by atoms with Crippen molar-refractivity contribution >= 4 is 11.6 Å². The molecule has 3 aromatic carbocycles. The molecule has 5 rings (SSSR count). The average Bonchev–Trinajstić information content (AvgIpc) is 2.80. The molecule has 156 valence electrons. The van der Waals surface area contributed by atoms with E-state index < -0.39 is 0 Å². The van der Waals surface area contributed by atoms with Crippen molar-refractivity contribution < 1.29 is 9.84 Å². The van der Waals surface area contributed by atoms with Crippen LogP contribution in [0.5, 0.6) is 11.5 Å². The van der Waals surface area contributed by atoms with Crippen molar-refractivity contribution in [2.75, 3.05) is 13.7 Å². The van der Waals surface area contributed by atoms with E-state index in [9.17, 15) is 5.11 Å². The molecule has 0 bridgehead atoms. The van der Waals surface area contributed by atoms with E-state index in [4.69, 9.17) is 16.3 Å². The SMILES string of the molecule is CC.COc1ccc2c(c1)CCN1C2Cc2cc(O)c(Cl)cc2C1c1ccccc1. The number of hydrogen-bond acceptors (Lipinski definition) is 3.